The molecule has 0 unspecified atom stereocenters. The van der Waals surface area contributed by atoms with Crippen LogP contribution < -0.4 is 4.90 Å². The highest BCUT2D eigenvalue weighted by molar-refractivity contribution is 5.82. The molecule has 0 atom stereocenters. The molecule has 23 heavy (non-hydrogen) atoms. The van der Waals surface area contributed by atoms with Crippen molar-refractivity contribution in [3.63, 3.8) is 0 Å². The average molecular weight is 308 g/mol. The quantitative estimate of drug-likeness (QED) is 0.844. The number of carbonyl (C=O) groups is 1. The van der Waals surface area contributed by atoms with E-state index in [1.54, 1.807) is 0 Å². The molecule has 0 spiro atoms. The van der Waals surface area contributed by atoms with E-state index in [1.807, 2.05) is 29.2 Å². The van der Waals surface area contributed by atoms with Gasteiger partial charge in [-0.05, 0) is 37.5 Å². The lowest BCUT2D eigenvalue weighted by Crippen LogP contribution is -2.43. The number of nitrogens with zero attached hydrogens (tertiary/aromatic N) is 2. The highest BCUT2D eigenvalue weighted by Gasteiger charge is 2.24. The van der Waals surface area contributed by atoms with Gasteiger partial charge in [-0.25, -0.2) is 0 Å². The van der Waals surface area contributed by atoms with E-state index in [9.17, 15) is 4.79 Å². The van der Waals surface area contributed by atoms with E-state index in [-0.39, 0.29) is 11.9 Å². The van der Waals surface area contributed by atoms with Crippen molar-refractivity contribution in [1.82, 2.24) is 4.90 Å². The van der Waals surface area contributed by atoms with E-state index >= 15 is 0 Å². The summed E-state index contributed by atoms with van der Waals surface area (Å²) in [5, 5.41) is 0. The number of amides is 1. The predicted molar refractivity (Wildman–Crippen MR) is 94.5 cm³/mol. The minimum Gasteiger partial charge on any atom is -0.362 e. The van der Waals surface area contributed by atoms with Gasteiger partial charge >= 0.3 is 0 Å². The monoisotopic (exact) mass is 308 g/mol. The minimum absolute atomic E-state index is 0.195. The van der Waals surface area contributed by atoms with E-state index < -0.39 is 0 Å². The van der Waals surface area contributed by atoms with E-state index in [0.29, 0.717) is 13.1 Å². The van der Waals surface area contributed by atoms with Gasteiger partial charge in [0.15, 0.2) is 0 Å². The van der Waals surface area contributed by atoms with E-state index in [4.69, 9.17) is 0 Å². The van der Waals surface area contributed by atoms with Gasteiger partial charge in [-0.1, -0.05) is 48.5 Å². The normalized spacial score (nSPS) is 13.3. The highest BCUT2D eigenvalue weighted by Crippen LogP contribution is 2.27. The van der Waals surface area contributed by atoms with Crippen LogP contribution in [0.4, 0.5) is 5.69 Å². The molecule has 0 saturated carbocycles. The Hall–Kier alpha value is -2.29. The van der Waals surface area contributed by atoms with Crippen LogP contribution in [-0.4, -0.2) is 29.9 Å². The zero-order valence-electron chi connectivity index (χ0n) is 13.9. The largest absolute Gasteiger partial charge is 0.362 e. The van der Waals surface area contributed by atoms with E-state index in [0.717, 1.165) is 13.0 Å². The number of para-hydroxylation sites is 1. The molecule has 0 bridgehead atoms. The SMILES string of the molecule is CC(C)N(Cc1ccccc1)C(=O)CN1CCc2ccccc21. The summed E-state index contributed by atoms with van der Waals surface area (Å²) in [6, 6.07) is 18.8. The molecule has 3 heteroatoms. The lowest BCUT2D eigenvalue weighted by molar-refractivity contribution is -0.132. The fourth-order valence-electron chi connectivity index (χ4n) is 3.16. The van der Waals surface area contributed by atoms with Gasteiger partial charge in [0.1, 0.15) is 0 Å². The van der Waals surface area contributed by atoms with Gasteiger partial charge in [-0.2, -0.15) is 0 Å². The third-order valence-corrected chi connectivity index (χ3v) is 4.45. The average Bonchev–Trinajstić information content (AvgIpc) is 2.96. The van der Waals surface area contributed by atoms with Crippen molar-refractivity contribution in [2.24, 2.45) is 0 Å². The van der Waals surface area contributed by atoms with Crippen molar-refractivity contribution in [3.05, 3.63) is 65.7 Å². The molecule has 1 aliphatic rings. The lowest BCUT2D eigenvalue weighted by atomic mass is 10.1. The van der Waals surface area contributed by atoms with Crippen molar-refractivity contribution >= 4 is 11.6 Å². The summed E-state index contributed by atoms with van der Waals surface area (Å²) in [7, 11) is 0. The standard InChI is InChI=1S/C20H24N2O/c1-16(2)22(14-17-8-4-3-5-9-17)20(23)15-21-13-12-18-10-6-7-11-19(18)21/h3-11,16H,12-15H2,1-2H3. The van der Waals surface area contributed by atoms with Crippen molar-refractivity contribution in [2.45, 2.75) is 32.9 Å². The molecule has 0 aliphatic carbocycles. The summed E-state index contributed by atoms with van der Waals surface area (Å²) in [4.78, 5) is 17.0. The molecule has 1 heterocycles. The number of hydrogen-bond acceptors (Lipinski definition) is 2. The number of carbonyl (C=O) groups excluding carboxylic acids is 1. The first kappa shape index (κ1) is 15.6. The fraction of sp³-hybridized carbons (Fsp3) is 0.350. The molecule has 0 saturated heterocycles. The van der Waals surface area contributed by atoms with Gasteiger partial charge < -0.3 is 9.80 Å². The van der Waals surface area contributed by atoms with Crippen LogP contribution in [0.2, 0.25) is 0 Å². The predicted octanol–water partition coefficient (Wildman–Crippen LogP) is 3.49. The van der Waals surface area contributed by atoms with Crippen LogP contribution in [0, 0.1) is 0 Å². The van der Waals surface area contributed by atoms with Gasteiger partial charge in [-0.3, -0.25) is 4.79 Å². The topological polar surface area (TPSA) is 23.6 Å². The molecule has 2 aromatic rings. The summed E-state index contributed by atoms with van der Waals surface area (Å²) >= 11 is 0. The lowest BCUT2D eigenvalue weighted by Gasteiger charge is -2.30. The molecule has 0 radical (unpaired) electrons. The maximum atomic E-state index is 12.8. The highest BCUT2D eigenvalue weighted by atomic mass is 16.2. The zero-order chi connectivity index (χ0) is 16.2. The van der Waals surface area contributed by atoms with Crippen molar-refractivity contribution in [1.29, 1.82) is 0 Å². The third-order valence-electron chi connectivity index (χ3n) is 4.45. The summed E-state index contributed by atoms with van der Waals surface area (Å²) in [6.07, 6.45) is 1.03. The molecule has 0 fully saturated rings. The van der Waals surface area contributed by atoms with Crippen molar-refractivity contribution in [2.75, 3.05) is 18.0 Å². The molecule has 1 aliphatic heterocycles. The molecular weight excluding hydrogens is 284 g/mol. The second kappa shape index (κ2) is 6.86. The fourth-order valence-corrected chi connectivity index (χ4v) is 3.16. The molecule has 3 nitrogen and oxygen atoms in total. The second-order valence-electron chi connectivity index (χ2n) is 6.40. The van der Waals surface area contributed by atoms with Crippen LogP contribution in [-0.2, 0) is 17.8 Å². The summed E-state index contributed by atoms with van der Waals surface area (Å²) in [5.74, 6) is 0.195. The Morgan fingerprint density at radius 3 is 2.52 bits per heavy atom. The minimum atomic E-state index is 0.195. The number of benzene rings is 2. The van der Waals surface area contributed by atoms with Crippen LogP contribution in [0.5, 0.6) is 0 Å². The third kappa shape index (κ3) is 3.55. The molecule has 3 rings (SSSR count). The molecule has 0 N–H and O–H groups in total. The van der Waals surface area contributed by atoms with E-state index in [2.05, 4.69) is 49.1 Å². The van der Waals surface area contributed by atoms with Gasteiger partial charge in [0.2, 0.25) is 5.91 Å². The van der Waals surface area contributed by atoms with Crippen LogP contribution in [0.3, 0.4) is 0 Å². The van der Waals surface area contributed by atoms with Gasteiger partial charge in [0, 0.05) is 24.8 Å². The van der Waals surface area contributed by atoms with Crippen LogP contribution in [0.25, 0.3) is 0 Å². The van der Waals surface area contributed by atoms with Crippen molar-refractivity contribution in [3.8, 4) is 0 Å². The van der Waals surface area contributed by atoms with Gasteiger partial charge in [-0.15, -0.1) is 0 Å². The Labute approximate surface area is 138 Å². The number of rotatable bonds is 5. The molecule has 0 aromatic heterocycles. The summed E-state index contributed by atoms with van der Waals surface area (Å²) < 4.78 is 0. The molecule has 1 amide bonds. The number of fused-ring (bicyclic) bond motifs is 1. The van der Waals surface area contributed by atoms with Crippen LogP contribution in [0.1, 0.15) is 25.0 Å². The first-order valence-electron chi connectivity index (χ1n) is 8.31. The van der Waals surface area contributed by atoms with Crippen LogP contribution >= 0.6 is 0 Å². The first-order valence-corrected chi connectivity index (χ1v) is 8.31. The van der Waals surface area contributed by atoms with Gasteiger partial charge in [0.05, 0.1) is 6.54 Å². The Bertz CT molecular complexity index is 666. The van der Waals surface area contributed by atoms with Gasteiger partial charge in [0.25, 0.3) is 0 Å². The molecule has 120 valence electrons. The van der Waals surface area contributed by atoms with E-state index in [1.165, 1.54) is 16.8 Å². The summed E-state index contributed by atoms with van der Waals surface area (Å²) in [5.41, 5.74) is 3.74. The number of anilines is 1. The maximum Gasteiger partial charge on any atom is 0.242 e. The summed E-state index contributed by atoms with van der Waals surface area (Å²) in [6.45, 7) is 6.23. The Balaban J connectivity index is 1.70. The smallest absolute Gasteiger partial charge is 0.242 e. The van der Waals surface area contributed by atoms with Crippen LogP contribution in [0.15, 0.2) is 54.6 Å². The maximum absolute atomic E-state index is 12.8. The second-order valence-corrected chi connectivity index (χ2v) is 6.40. The molecular formula is C20H24N2O. The Morgan fingerprint density at radius 2 is 1.78 bits per heavy atom. The Kier molecular flexibility index (Phi) is 4.65. The van der Waals surface area contributed by atoms with Crippen molar-refractivity contribution < 1.29 is 4.79 Å². The Morgan fingerprint density at radius 1 is 1.09 bits per heavy atom. The molecule has 2 aromatic carbocycles. The zero-order valence-corrected chi connectivity index (χ0v) is 13.9. The number of hydrogen-bond donors (Lipinski definition) is 0. The first-order chi connectivity index (χ1) is 11.1.